The van der Waals surface area contributed by atoms with Crippen molar-refractivity contribution in [1.29, 1.82) is 0 Å². The summed E-state index contributed by atoms with van der Waals surface area (Å²) in [5.41, 5.74) is 8.54. The van der Waals surface area contributed by atoms with Crippen molar-refractivity contribution in [2.45, 2.75) is 45.3 Å². The van der Waals surface area contributed by atoms with E-state index in [2.05, 4.69) is 38.0 Å². The number of hydrogen-bond donors (Lipinski definition) is 1. The van der Waals surface area contributed by atoms with Crippen molar-refractivity contribution in [3.63, 3.8) is 0 Å². The molecule has 0 radical (unpaired) electrons. The van der Waals surface area contributed by atoms with Gasteiger partial charge in [0.1, 0.15) is 11.9 Å². The van der Waals surface area contributed by atoms with Crippen LogP contribution in [0.3, 0.4) is 0 Å². The van der Waals surface area contributed by atoms with Gasteiger partial charge in [0.15, 0.2) is 0 Å². The van der Waals surface area contributed by atoms with Crippen molar-refractivity contribution in [2.75, 3.05) is 0 Å². The van der Waals surface area contributed by atoms with E-state index in [1.54, 1.807) is 4.68 Å². The van der Waals surface area contributed by atoms with Crippen LogP contribution >= 0.6 is 0 Å². The molecule has 2 rings (SSSR count). The smallest absolute Gasteiger partial charge is 0.142 e. The molecule has 2 N–H and O–H groups in total. The first kappa shape index (κ1) is 15.6. The van der Waals surface area contributed by atoms with Gasteiger partial charge in [-0.2, -0.15) is 5.10 Å². The normalized spacial score (nSPS) is 14.2. The summed E-state index contributed by atoms with van der Waals surface area (Å²) < 4.78 is 7.90. The summed E-state index contributed by atoms with van der Waals surface area (Å²) in [5, 5.41) is 4.21. The van der Waals surface area contributed by atoms with Crippen LogP contribution in [0.25, 0.3) is 0 Å². The van der Waals surface area contributed by atoms with E-state index in [1.807, 2.05) is 31.6 Å². The molecule has 1 heterocycles. The van der Waals surface area contributed by atoms with Crippen molar-refractivity contribution in [2.24, 2.45) is 12.8 Å². The topological polar surface area (TPSA) is 53.1 Å². The largest absolute Gasteiger partial charge is 0.484 e. The lowest BCUT2D eigenvalue weighted by atomic mass is 10.0. The zero-order valence-corrected chi connectivity index (χ0v) is 13.3. The molecule has 4 nitrogen and oxygen atoms in total. The van der Waals surface area contributed by atoms with Gasteiger partial charge in [-0.15, -0.1) is 0 Å². The number of benzene rings is 1. The van der Waals surface area contributed by atoms with Crippen LogP contribution in [-0.2, 0) is 7.05 Å². The highest BCUT2D eigenvalue weighted by Crippen LogP contribution is 2.26. The molecule has 0 spiro atoms. The van der Waals surface area contributed by atoms with Crippen LogP contribution < -0.4 is 10.5 Å². The van der Waals surface area contributed by atoms with E-state index in [0.29, 0.717) is 5.92 Å². The molecule has 0 bridgehead atoms. The third-order valence-electron chi connectivity index (χ3n) is 3.72. The molecule has 0 fully saturated rings. The number of hydrogen-bond acceptors (Lipinski definition) is 3. The highest BCUT2D eigenvalue weighted by Gasteiger charge is 2.22. The summed E-state index contributed by atoms with van der Waals surface area (Å²) in [7, 11) is 1.90. The molecule has 0 amide bonds. The fraction of sp³-hybridized carbons (Fsp3) is 0.471. The predicted molar refractivity (Wildman–Crippen MR) is 85.4 cm³/mol. The number of nitrogens with zero attached hydrogens (tertiary/aromatic N) is 2. The number of aryl methyl sites for hydroxylation is 1. The molecule has 114 valence electrons. The molecule has 0 aliphatic rings. The lowest BCUT2D eigenvalue weighted by molar-refractivity contribution is 0.171. The molecule has 21 heavy (non-hydrogen) atoms. The van der Waals surface area contributed by atoms with Gasteiger partial charge >= 0.3 is 0 Å². The Bertz CT molecular complexity index is 560. The van der Waals surface area contributed by atoms with Gasteiger partial charge in [-0.25, -0.2) is 0 Å². The fourth-order valence-corrected chi connectivity index (χ4v) is 2.28. The van der Waals surface area contributed by atoms with Crippen LogP contribution in [0.4, 0.5) is 0 Å². The second-order valence-corrected chi connectivity index (χ2v) is 5.78. The molecule has 2 atom stereocenters. The highest BCUT2D eigenvalue weighted by atomic mass is 16.5. The van der Waals surface area contributed by atoms with Gasteiger partial charge in [0.25, 0.3) is 0 Å². The van der Waals surface area contributed by atoms with Crippen LogP contribution in [-0.4, -0.2) is 15.8 Å². The quantitative estimate of drug-likeness (QED) is 0.886. The zero-order valence-electron chi connectivity index (χ0n) is 13.3. The summed E-state index contributed by atoms with van der Waals surface area (Å²) in [6.45, 7) is 6.43. The Morgan fingerprint density at radius 2 is 1.86 bits per heavy atom. The average molecular weight is 287 g/mol. The van der Waals surface area contributed by atoms with Gasteiger partial charge in [-0.1, -0.05) is 32.9 Å². The summed E-state index contributed by atoms with van der Waals surface area (Å²) >= 11 is 0. The van der Waals surface area contributed by atoms with E-state index < -0.39 is 0 Å². The van der Waals surface area contributed by atoms with Crippen LogP contribution in [0, 0.1) is 0 Å². The van der Waals surface area contributed by atoms with Crippen LogP contribution in [0.15, 0.2) is 36.7 Å². The maximum Gasteiger partial charge on any atom is 0.142 e. The first-order chi connectivity index (χ1) is 10.0. The minimum atomic E-state index is -0.173. The van der Waals surface area contributed by atoms with Gasteiger partial charge in [0, 0.05) is 24.8 Å². The van der Waals surface area contributed by atoms with Crippen molar-refractivity contribution in [3.05, 3.63) is 47.8 Å². The molecule has 2 unspecified atom stereocenters. The zero-order chi connectivity index (χ0) is 15.4. The Labute approximate surface area is 126 Å². The molecule has 1 aromatic heterocycles. The van der Waals surface area contributed by atoms with Gasteiger partial charge in [0.2, 0.25) is 0 Å². The van der Waals surface area contributed by atoms with Crippen LogP contribution in [0.2, 0.25) is 0 Å². The lowest BCUT2D eigenvalue weighted by Crippen LogP contribution is -2.31. The SMILES string of the molecule is CCC(N)C(Oc1ccc(C(C)C)cc1)c1cnn(C)c1. The minimum Gasteiger partial charge on any atom is -0.484 e. The molecule has 1 aromatic carbocycles. The van der Waals surface area contributed by atoms with Crippen molar-refractivity contribution in [3.8, 4) is 5.75 Å². The third kappa shape index (κ3) is 3.85. The Balaban J connectivity index is 2.18. The molecular weight excluding hydrogens is 262 g/mol. The number of rotatable bonds is 6. The third-order valence-corrected chi connectivity index (χ3v) is 3.72. The summed E-state index contributed by atoms with van der Waals surface area (Å²) in [6.07, 6.45) is 4.46. The molecule has 0 aliphatic carbocycles. The minimum absolute atomic E-state index is 0.0565. The Hall–Kier alpha value is -1.81. The van der Waals surface area contributed by atoms with Crippen LogP contribution in [0.5, 0.6) is 5.75 Å². The summed E-state index contributed by atoms with van der Waals surface area (Å²) in [5.74, 6) is 1.36. The highest BCUT2D eigenvalue weighted by molar-refractivity contribution is 5.30. The van der Waals surface area contributed by atoms with Gasteiger partial charge < -0.3 is 10.5 Å². The summed E-state index contributed by atoms with van der Waals surface area (Å²) in [4.78, 5) is 0. The second-order valence-electron chi connectivity index (χ2n) is 5.78. The molecule has 0 saturated heterocycles. The van der Waals surface area contributed by atoms with Crippen molar-refractivity contribution >= 4 is 0 Å². The molecule has 0 saturated carbocycles. The standard InChI is InChI=1S/C17H25N3O/c1-5-16(18)17(14-10-19-20(4)11-14)21-15-8-6-13(7-9-15)12(2)3/h6-12,16-17H,5,18H2,1-4H3. The number of aromatic nitrogens is 2. The first-order valence-corrected chi connectivity index (χ1v) is 7.52. The number of ether oxygens (including phenoxy) is 1. The van der Waals surface area contributed by atoms with E-state index in [1.165, 1.54) is 5.56 Å². The van der Waals surface area contributed by atoms with E-state index >= 15 is 0 Å². The molecule has 4 heteroatoms. The Morgan fingerprint density at radius 1 is 1.19 bits per heavy atom. The fourth-order valence-electron chi connectivity index (χ4n) is 2.28. The first-order valence-electron chi connectivity index (χ1n) is 7.52. The Morgan fingerprint density at radius 3 is 2.33 bits per heavy atom. The summed E-state index contributed by atoms with van der Waals surface area (Å²) in [6, 6.07) is 8.19. The molecular formula is C17H25N3O. The van der Waals surface area contributed by atoms with Gasteiger partial charge in [-0.3, -0.25) is 4.68 Å². The van der Waals surface area contributed by atoms with E-state index in [-0.39, 0.29) is 12.1 Å². The van der Waals surface area contributed by atoms with E-state index in [9.17, 15) is 0 Å². The second kappa shape index (κ2) is 6.76. The maximum absolute atomic E-state index is 6.22. The maximum atomic E-state index is 6.22. The van der Waals surface area contributed by atoms with E-state index in [0.717, 1.165) is 17.7 Å². The molecule has 0 aliphatic heterocycles. The number of nitrogens with two attached hydrogens (primary N) is 1. The predicted octanol–water partition coefficient (Wildman–Crippen LogP) is 3.40. The van der Waals surface area contributed by atoms with Gasteiger partial charge in [0.05, 0.1) is 6.20 Å². The van der Waals surface area contributed by atoms with Crippen LogP contribution in [0.1, 0.15) is 50.3 Å². The monoisotopic (exact) mass is 287 g/mol. The average Bonchev–Trinajstić information content (AvgIpc) is 2.90. The van der Waals surface area contributed by atoms with Gasteiger partial charge in [-0.05, 0) is 30.0 Å². The molecule has 2 aromatic rings. The van der Waals surface area contributed by atoms with Crippen molar-refractivity contribution < 1.29 is 4.74 Å². The Kier molecular flexibility index (Phi) is 5.02. The van der Waals surface area contributed by atoms with E-state index in [4.69, 9.17) is 10.5 Å². The lowest BCUT2D eigenvalue weighted by Gasteiger charge is -2.23. The van der Waals surface area contributed by atoms with Crippen molar-refractivity contribution in [1.82, 2.24) is 9.78 Å².